The van der Waals surface area contributed by atoms with Gasteiger partial charge in [0.1, 0.15) is 5.82 Å². The van der Waals surface area contributed by atoms with E-state index in [1.54, 1.807) is 6.92 Å². The number of nitrogens with two attached hydrogens (primary N) is 1. The van der Waals surface area contributed by atoms with E-state index in [1.165, 1.54) is 12.1 Å². The molecule has 0 saturated heterocycles. The van der Waals surface area contributed by atoms with Crippen LogP contribution in [0.3, 0.4) is 0 Å². The Bertz CT molecular complexity index is 625. The molecule has 0 aliphatic heterocycles. The molecule has 1 unspecified atom stereocenters. The Morgan fingerprint density at radius 2 is 1.58 bits per heavy atom. The lowest BCUT2D eigenvalue weighted by Crippen LogP contribution is -2.16. The number of aryl methyl sites for hydroxylation is 1. The van der Waals surface area contributed by atoms with Crippen molar-refractivity contribution in [2.45, 2.75) is 13.0 Å². The summed E-state index contributed by atoms with van der Waals surface area (Å²) in [6, 6.07) is 4.67. The Kier molecular flexibility index (Phi) is 3.57. The number of benzene rings is 2. The third-order valence-electron chi connectivity index (χ3n) is 2.98. The third-order valence-corrected chi connectivity index (χ3v) is 2.98. The lowest BCUT2D eigenvalue weighted by atomic mass is 9.95. The van der Waals surface area contributed by atoms with Crippen LogP contribution >= 0.6 is 0 Å². The van der Waals surface area contributed by atoms with Crippen LogP contribution in [-0.2, 0) is 0 Å². The summed E-state index contributed by atoms with van der Waals surface area (Å²) < 4.78 is 52.8. The first-order valence-corrected chi connectivity index (χ1v) is 5.57. The molecular weight excluding hydrogens is 258 g/mol. The second-order valence-electron chi connectivity index (χ2n) is 4.24. The molecular formula is C14H11F4N. The van der Waals surface area contributed by atoms with Crippen LogP contribution in [0.5, 0.6) is 0 Å². The van der Waals surface area contributed by atoms with Gasteiger partial charge in [0, 0.05) is 5.56 Å². The normalized spacial score (nSPS) is 12.5. The van der Waals surface area contributed by atoms with E-state index in [-0.39, 0.29) is 5.56 Å². The van der Waals surface area contributed by atoms with Crippen molar-refractivity contribution in [3.05, 3.63) is 70.3 Å². The average Bonchev–Trinajstić information content (AvgIpc) is 2.38. The fourth-order valence-corrected chi connectivity index (χ4v) is 1.89. The Hall–Kier alpha value is -1.88. The minimum atomic E-state index is -1.58. The molecule has 0 spiro atoms. The highest BCUT2D eigenvalue weighted by molar-refractivity contribution is 5.37. The minimum Gasteiger partial charge on any atom is -0.320 e. The first kappa shape index (κ1) is 13.5. The van der Waals surface area contributed by atoms with Gasteiger partial charge in [-0.2, -0.15) is 0 Å². The second kappa shape index (κ2) is 5.01. The van der Waals surface area contributed by atoms with Crippen LogP contribution in [-0.4, -0.2) is 0 Å². The van der Waals surface area contributed by atoms with Gasteiger partial charge in [-0.25, -0.2) is 17.6 Å². The van der Waals surface area contributed by atoms with E-state index in [0.717, 1.165) is 18.2 Å². The van der Waals surface area contributed by atoms with E-state index in [9.17, 15) is 17.6 Å². The van der Waals surface area contributed by atoms with Crippen LogP contribution in [0.25, 0.3) is 0 Å². The smallest absolute Gasteiger partial charge is 0.194 e. The van der Waals surface area contributed by atoms with Gasteiger partial charge in [0.25, 0.3) is 0 Å². The topological polar surface area (TPSA) is 26.0 Å². The van der Waals surface area contributed by atoms with Crippen LogP contribution in [0.4, 0.5) is 17.6 Å². The summed E-state index contributed by atoms with van der Waals surface area (Å²) in [6.45, 7) is 1.67. The van der Waals surface area contributed by atoms with Crippen molar-refractivity contribution in [1.82, 2.24) is 0 Å². The zero-order valence-corrected chi connectivity index (χ0v) is 10.1. The highest BCUT2D eigenvalue weighted by atomic mass is 19.2. The monoisotopic (exact) mass is 269 g/mol. The van der Waals surface area contributed by atoms with Gasteiger partial charge in [-0.3, -0.25) is 0 Å². The van der Waals surface area contributed by atoms with E-state index >= 15 is 0 Å². The molecule has 0 aromatic heterocycles. The fourth-order valence-electron chi connectivity index (χ4n) is 1.89. The van der Waals surface area contributed by atoms with Gasteiger partial charge < -0.3 is 5.73 Å². The van der Waals surface area contributed by atoms with Crippen LogP contribution < -0.4 is 5.73 Å². The predicted molar refractivity (Wildman–Crippen MR) is 63.5 cm³/mol. The summed E-state index contributed by atoms with van der Waals surface area (Å²) in [4.78, 5) is 0. The van der Waals surface area contributed by atoms with Crippen LogP contribution in [0.1, 0.15) is 22.7 Å². The van der Waals surface area contributed by atoms with Crippen molar-refractivity contribution < 1.29 is 17.6 Å². The molecule has 2 aromatic rings. The lowest BCUT2D eigenvalue weighted by molar-refractivity contribution is 0.438. The largest absolute Gasteiger partial charge is 0.320 e. The molecule has 1 nitrogen and oxygen atoms in total. The van der Waals surface area contributed by atoms with Gasteiger partial charge >= 0.3 is 0 Å². The summed E-state index contributed by atoms with van der Waals surface area (Å²) in [5, 5.41) is 0. The molecule has 100 valence electrons. The molecule has 2 aromatic carbocycles. The van der Waals surface area contributed by atoms with Gasteiger partial charge in [-0.05, 0) is 36.2 Å². The molecule has 19 heavy (non-hydrogen) atoms. The maximum atomic E-state index is 13.6. The van der Waals surface area contributed by atoms with Gasteiger partial charge in [0.05, 0.1) is 6.04 Å². The van der Waals surface area contributed by atoms with Crippen molar-refractivity contribution in [2.75, 3.05) is 0 Å². The van der Waals surface area contributed by atoms with Crippen LogP contribution in [0, 0.1) is 30.2 Å². The van der Waals surface area contributed by atoms with E-state index in [0.29, 0.717) is 11.1 Å². The molecule has 1 atom stereocenters. The molecule has 0 saturated carbocycles. The Morgan fingerprint density at radius 1 is 0.895 bits per heavy atom. The fraction of sp³-hybridized carbons (Fsp3) is 0.143. The summed E-state index contributed by atoms with van der Waals surface area (Å²) in [5.74, 6) is -4.75. The summed E-state index contributed by atoms with van der Waals surface area (Å²) in [7, 11) is 0. The molecule has 2 N–H and O–H groups in total. The Morgan fingerprint density at radius 3 is 2.26 bits per heavy atom. The quantitative estimate of drug-likeness (QED) is 0.654. The SMILES string of the molecule is Cc1ccc(F)cc1C(N)c1ccc(F)c(F)c1F. The van der Waals surface area contributed by atoms with Crippen molar-refractivity contribution in [1.29, 1.82) is 0 Å². The molecule has 0 aliphatic carbocycles. The van der Waals surface area contributed by atoms with Gasteiger partial charge in [0.2, 0.25) is 0 Å². The molecule has 0 radical (unpaired) electrons. The Labute approximate surface area is 107 Å². The molecule has 0 fully saturated rings. The number of hydrogen-bond acceptors (Lipinski definition) is 1. The lowest BCUT2D eigenvalue weighted by Gasteiger charge is -2.16. The van der Waals surface area contributed by atoms with E-state index in [2.05, 4.69) is 0 Å². The molecule has 0 heterocycles. The zero-order valence-electron chi connectivity index (χ0n) is 10.1. The maximum absolute atomic E-state index is 13.6. The van der Waals surface area contributed by atoms with Gasteiger partial charge in [0.15, 0.2) is 17.5 Å². The number of hydrogen-bond donors (Lipinski definition) is 1. The molecule has 0 amide bonds. The number of halogens is 4. The molecule has 5 heteroatoms. The third kappa shape index (κ3) is 2.46. The second-order valence-corrected chi connectivity index (χ2v) is 4.24. The molecule has 0 bridgehead atoms. The van der Waals surface area contributed by atoms with Gasteiger partial charge in [-0.1, -0.05) is 12.1 Å². The summed E-state index contributed by atoms with van der Waals surface area (Å²) >= 11 is 0. The van der Waals surface area contributed by atoms with E-state index < -0.39 is 29.3 Å². The average molecular weight is 269 g/mol. The Balaban J connectivity index is 2.53. The standard InChI is InChI=1S/C14H11F4N/c1-7-2-3-8(15)6-10(7)14(19)9-4-5-11(16)13(18)12(9)17/h2-6,14H,19H2,1H3. The van der Waals surface area contributed by atoms with Crippen LogP contribution in [0.15, 0.2) is 30.3 Å². The summed E-state index contributed by atoms with van der Waals surface area (Å²) in [6.07, 6.45) is 0. The maximum Gasteiger partial charge on any atom is 0.194 e. The van der Waals surface area contributed by atoms with Crippen molar-refractivity contribution in [2.24, 2.45) is 5.73 Å². The van der Waals surface area contributed by atoms with E-state index in [4.69, 9.17) is 5.73 Å². The van der Waals surface area contributed by atoms with Gasteiger partial charge in [-0.15, -0.1) is 0 Å². The van der Waals surface area contributed by atoms with Crippen molar-refractivity contribution >= 4 is 0 Å². The highest BCUT2D eigenvalue weighted by Gasteiger charge is 2.20. The van der Waals surface area contributed by atoms with Crippen molar-refractivity contribution in [3.8, 4) is 0 Å². The van der Waals surface area contributed by atoms with E-state index in [1.807, 2.05) is 0 Å². The highest BCUT2D eigenvalue weighted by Crippen LogP contribution is 2.27. The predicted octanol–water partition coefficient (Wildman–Crippen LogP) is 3.60. The number of rotatable bonds is 2. The molecule has 2 rings (SSSR count). The molecule has 0 aliphatic rings. The minimum absolute atomic E-state index is 0.215. The summed E-state index contributed by atoms with van der Waals surface area (Å²) in [5.41, 5.74) is 6.56. The van der Waals surface area contributed by atoms with Crippen LogP contribution in [0.2, 0.25) is 0 Å². The zero-order chi connectivity index (χ0) is 14.2. The first-order valence-electron chi connectivity index (χ1n) is 5.57. The van der Waals surface area contributed by atoms with Crippen molar-refractivity contribution in [3.63, 3.8) is 0 Å². The first-order chi connectivity index (χ1) is 8.91.